The Hall–Kier alpha value is -1.21. The topological polar surface area (TPSA) is 75.2 Å². The summed E-state index contributed by atoms with van der Waals surface area (Å²) < 4.78 is 26.3. The number of anilines is 1. The van der Waals surface area contributed by atoms with Crippen LogP contribution in [0.15, 0.2) is 18.5 Å². The molecule has 7 heteroatoms. The monoisotopic (exact) mass is 322 g/mol. The predicted molar refractivity (Wildman–Crippen MR) is 83.9 cm³/mol. The lowest BCUT2D eigenvalue weighted by molar-refractivity contribution is 0.0484. The number of hydrogen-bond acceptors (Lipinski definition) is 5. The molecule has 4 rings (SSSR count). The zero-order valence-corrected chi connectivity index (χ0v) is 13.4. The highest BCUT2D eigenvalue weighted by Gasteiger charge is 2.49. The number of piperidine rings is 1. The number of sulfonamides is 1. The molecule has 2 aliphatic carbocycles. The van der Waals surface area contributed by atoms with Crippen LogP contribution in [-0.4, -0.2) is 47.1 Å². The van der Waals surface area contributed by atoms with E-state index in [-0.39, 0.29) is 5.25 Å². The molecule has 1 spiro atoms. The predicted octanol–water partition coefficient (Wildman–Crippen LogP) is 1.63. The summed E-state index contributed by atoms with van der Waals surface area (Å²) in [4.78, 5) is 8.39. The van der Waals surface area contributed by atoms with Crippen LogP contribution in [0.4, 0.5) is 5.95 Å². The lowest BCUT2D eigenvalue weighted by atomic mass is 9.60. The summed E-state index contributed by atoms with van der Waals surface area (Å²) in [5.74, 6) is 0.691. The number of rotatable bonds is 4. The average molecular weight is 322 g/mol. The van der Waals surface area contributed by atoms with Gasteiger partial charge in [-0.25, -0.2) is 22.7 Å². The highest BCUT2D eigenvalue weighted by Crippen LogP contribution is 2.50. The van der Waals surface area contributed by atoms with Crippen molar-refractivity contribution in [1.29, 1.82) is 0 Å². The fraction of sp³-hybridized carbons (Fsp3) is 0.733. The third-order valence-corrected chi connectivity index (χ3v) is 7.75. The van der Waals surface area contributed by atoms with Crippen LogP contribution >= 0.6 is 0 Å². The van der Waals surface area contributed by atoms with Crippen LogP contribution in [0.25, 0.3) is 0 Å². The highest BCUT2D eigenvalue weighted by molar-refractivity contribution is 7.90. The van der Waals surface area contributed by atoms with Crippen molar-refractivity contribution in [2.45, 2.75) is 49.8 Å². The van der Waals surface area contributed by atoms with Gasteiger partial charge in [-0.2, -0.15) is 0 Å². The summed E-state index contributed by atoms with van der Waals surface area (Å²) in [6, 6.07) is 2.23. The molecule has 3 aliphatic rings. The normalized spacial score (nSPS) is 25.8. The van der Waals surface area contributed by atoms with E-state index in [0.29, 0.717) is 30.5 Å². The Balaban J connectivity index is 1.30. The van der Waals surface area contributed by atoms with Gasteiger partial charge in [0.05, 0.1) is 5.25 Å². The van der Waals surface area contributed by atoms with Crippen molar-refractivity contribution >= 4 is 16.0 Å². The summed E-state index contributed by atoms with van der Waals surface area (Å²) in [6.07, 6.45) is 9.38. The molecule has 22 heavy (non-hydrogen) atoms. The van der Waals surface area contributed by atoms with Crippen molar-refractivity contribution in [3.8, 4) is 0 Å². The second-order valence-electron chi connectivity index (χ2n) is 6.97. The summed E-state index contributed by atoms with van der Waals surface area (Å²) in [6.45, 7) is 1.40. The first-order chi connectivity index (χ1) is 10.6. The quantitative estimate of drug-likeness (QED) is 0.912. The summed E-state index contributed by atoms with van der Waals surface area (Å²) >= 11 is 0. The summed E-state index contributed by atoms with van der Waals surface area (Å²) in [5, 5.41) is 3.29. The molecule has 1 aromatic heterocycles. The van der Waals surface area contributed by atoms with E-state index >= 15 is 0 Å². The van der Waals surface area contributed by atoms with E-state index in [4.69, 9.17) is 0 Å². The first-order valence-electron chi connectivity index (χ1n) is 8.10. The molecule has 3 fully saturated rings. The molecule has 2 saturated carbocycles. The van der Waals surface area contributed by atoms with E-state index in [0.717, 1.165) is 38.5 Å². The molecule has 1 saturated heterocycles. The van der Waals surface area contributed by atoms with Gasteiger partial charge in [0.25, 0.3) is 0 Å². The van der Waals surface area contributed by atoms with Crippen molar-refractivity contribution < 1.29 is 8.42 Å². The van der Waals surface area contributed by atoms with Crippen LogP contribution < -0.4 is 5.32 Å². The molecule has 120 valence electrons. The molecule has 1 aromatic rings. The van der Waals surface area contributed by atoms with Gasteiger partial charge in [-0.1, -0.05) is 0 Å². The van der Waals surface area contributed by atoms with Gasteiger partial charge < -0.3 is 5.32 Å². The number of nitrogens with one attached hydrogen (secondary N) is 1. The second kappa shape index (κ2) is 5.16. The third-order valence-electron chi connectivity index (χ3n) is 5.35. The van der Waals surface area contributed by atoms with Crippen molar-refractivity contribution in [2.24, 2.45) is 5.41 Å². The first kappa shape index (κ1) is 14.4. The lowest BCUT2D eigenvalue weighted by Crippen LogP contribution is -2.52. The van der Waals surface area contributed by atoms with E-state index in [9.17, 15) is 8.42 Å². The standard InChI is InChI=1S/C15H22N4O2S/c20-22(21,13-2-3-13)19-8-4-15(5-9-19)10-12(11-15)18-14-16-6-1-7-17-14/h1,6-7,12-13H,2-5,8-11H2,(H,16,17,18). The molecule has 1 N–H and O–H groups in total. The zero-order chi connectivity index (χ0) is 15.2. The molecule has 1 aliphatic heterocycles. The van der Waals surface area contributed by atoms with Crippen LogP contribution in [0.5, 0.6) is 0 Å². The van der Waals surface area contributed by atoms with Crippen LogP contribution in [-0.2, 0) is 10.0 Å². The number of hydrogen-bond donors (Lipinski definition) is 1. The molecule has 0 amide bonds. The molecule has 6 nitrogen and oxygen atoms in total. The van der Waals surface area contributed by atoms with Crippen LogP contribution in [0.2, 0.25) is 0 Å². The fourth-order valence-corrected chi connectivity index (χ4v) is 5.69. The maximum Gasteiger partial charge on any atom is 0.222 e. The molecule has 2 heterocycles. The third kappa shape index (κ3) is 2.60. The molecule has 0 unspecified atom stereocenters. The van der Waals surface area contributed by atoms with Crippen LogP contribution in [0.1, 0.15) is 38.5 Å². The fourth-order valence-electron chi connectivity index (χ4n) is 3.84. The van der Waals surface area contributed by atoms with Crippen molar-refractivity contribution in [2.75, 3.05) is 18.4 Å². The number of aromatic nitrogens is 2. The molecular weight excluding hydrogens is 300 g/mol. The molecule has 0 atom stereocenters. The lowest BCUT2D eigenvalue weighted by Gasteiger charge is -2.52. The smallest absolute Gasteiger partial charge is 0.222 e. The minimum Gasteiger partial charge on any atom is -0.351 e. The maximum absolute atomic E-state index is 12.3. The summed E-state index contributed by atoms with van der Waals surface area (Å²) in [7, 11) is -2.99. The van der Waals surface area contributed by atoms with Gasteiger partial charge in [0, 0.05) is 31.5 Å². The zero-order valence-electron chi connectivity index (χ0n) is 12.6. The Morgan fingerprint density at radius 2 is 1.77 bits per heavy atom. The van der Waals surface area contributed by atoms with Gasteiger partial charge in [-0.15, -0.1) is 0 Å². The Bertz CT molecular complexity index is 629. The van der Waals surface area contributed by atoms with E-state index in [1.165, 1.54) is 0 Å². The Morgan fingerprint density at radius 1 is 1.14 bits per heavy atom. The molecule has 0 bridgehead atoms. The molecule has 0 radical (unpaired) electrons. The van der Waals surface area contributed by atoms with Gasteiger partial charge in [0.2, 0.25) is 16.0 Å². The second-order valence-corrected chi connectivity index (χ2v) is 9.18. The Kier molecular flexibility index (Phi) is 3.38. The Morgan fingerprint density at radius 3 is 2.36 bits per heavy atom. The average Bonchev–Trinajstić information content (AvgIpc) is 3.32. The van der Waals surface area contributed by atoms with Gasteiger partial charge in [-0.05, 0) is 50.0 Å². The van der Waals surface area contributed by atoms with Crippen LogP contribution in [0, 0.1) is 5.41 Å². The maximum atomic E-state index is 12.3. The van der Waals surface area contributed by atoms with Gasteiger partial charge in [0.15, 0.2) is 0 Å². The van der Waals surface area contributed by atoms with E-state index in [1.807, 2.05) is 6.07 Å². The van der Waals surface area contributed by atoms with E-state index in [2.05, 4.69) is 15.3 Å². The Labute approximate surface area is 131 Å². The molecule has 0 aromatic carbocycles. The summed E-state index contributed by atoms with van der Waals surface area (Å²) in [5.41, 5.74) is 0.335. The van der Waals surface area contributed by atoms with Crippen molar-refractivity contribution in [3.63, 3.8) is 0 Å². The van der Waals surface area contributed by atoms with E-state index < -0.39 is 10.0 Å². The molecular formula is C15H22N4O2S. The minimum atomic E-state index is -2.99. The van der Waals surface area contributed by atoms with Gasteiger partial charge in [0.1, 0.15) is 0 Å². The van der Waals surface area contributed by atoms with Gasteiger partial charge in [-0.3, -0.25) is 0 Å². The number of nitrogens with zero attached hydrogens (tertiary/aromatic N) is 3. The van der Waals surface area contributed by atoms with Crippen molar-refractivity contribution in [1.82, 2.24) is 14.3 Å². The largest absolute Gasteiger partial charge is 0.351 e. The van der Waals surface area contributed by atoms with Crippen LogP contribution in [0.3, 0.4) is 0 Å². The minimum absolute atomic E-state index is 0.0763. The van der Waals surface area contributed by atoms with Gasteiger partial charge >= 0.3 is 0 Å². The van der Waals surface area contributed by atoms with E-state index in [1.54, 1.807) is 16.7 Å². The SMILES string of the molecule is O=S(=O)(C1CC1)N1CCC2(CC1)CC(Nc1ncccn1)C2. The highest BCUT2D eigenvalue weighted by atomic mass is 32.2. The first-order valence-corrected chi connectivity index (χ1v) is 9.60. The van der Waals surface area contributed by atoms with Crippen molar-refractivity contribution in [3.05, 3.63) is 18.5 Å².